The van der Waals surface area contributed by atoms with Crippen molar-refractivity contribution in [2.75, 3.05) is 44.7 Å². The summed E-state index contributed by atoms with van der Waals surface area (Å²) in [4.78, 5) is 33.5. The maximum Gasteiger partial charge on any atom is 1.00 e. The fourth-order valence-corrected chi connectivity index (χ4v) is 2.52. The Kier molecular flexibility index (Phi) is 6.35. The second-order valence-electron chi connectivity index (χ2n) is 5.24. The average Bonchev–Trinajstić information content (AvgIpc) is 2.59. The van der Waals surface area contributed by atoms with Gasteiger partial charge in [0, 0.05) is 33.2 Å². The molecule has 0 saturated carbocycles. The molecule has 10 nitrogen and oxygen atoms in total. The second kappa shape index (κ2) is 8.08. The van der Waals surface area contributed by atoms with E-state index < -0.39 is 11.1 Å². The number of rotatable bonds is 4. The molecular weight excluding hydrogens is 327 g/mol. The summed E-state index contributed by atoms with van der Waals surface area (Å²) in [5.41, 5.74) is -1.97. The number of anilines is 1. The van der Waals surface area contributed by atoms with Crippen molar-refractivity contribution in [1.29, 1.82) is 0 Å². The summed E-state index contributed by atoms with van der Waals surface area (Å²) in [7, 11) is 1.40. The van der Waals surface area contributed by atoms with E-state index >= 15 is 0 Å². The van der Waals surface area contributed by atoms with Crippen molar-refractivity contribution in [1.82, 2.24) is 24.2 Å². The molecule has 0 aromatic carbocycles. The summed E-state index contributed by atoms with van der Waals surface area (Å²) >= 11 is 0. The SMILES string of the molecule is Cn1c(=O)c(=O)n([O-])c2c(NCCN3CCOCC3)ncnc21.[Na+]. The van der Waals surface area contributed by atoms with E-state index in [2.05, 4.69) is 20.2 Å². The first-order valence-corrected chi connectivity index (χ1v) is 7.28. The Labute approximate surface area is 159 Å². The zero-order valence-corrected chi connectivity index (χ0v) is 15.7. The standard InChI is InChI=1S/C13H17N6O4.Na/c1-17-11-9(19(22)13(21)12(17)20)10(15-8-16-11)14-2-3-18-4-6-23-7-5-18;/h8H,2-7H2,1H3,(H,14,15,16);/q-1;+1. The van der Waals surface area contributed by atoms with Crippen molar-refractivity contribution in [2.45, 2.75) is 0 Å². The van der Waals surface area contributed by atoms with Gasteiger partial charge in [-0.1, -0.05) is 0 Å². The van der Waals surface area contributed by atoms with E-state index in [9.17, 15) is 14.8 Å². The van der Waals surface area contributed by atoms with Gasteiger partial charge in [-0.25, -0.2) is 9.97 Å². The van der Waals surface area contributed by atoms with E-state index in [1.807, 2.05) is 0 Å². The number of morpholine rings is 1. The normalized spacial score (nSPS) is 15.2. The minimum atomic E-state index is -1.15. The number of aryl methyl sites for hydroxylation is 1. The molecule has 1 saturated heterocycles. The maximum atomic E-state index is 12.0. The van der Waals surface area contributed by atoms with Crippen LogP contribution in [0, 0.1) is 5.21 Å². The second-order valence-corrected chi connectivity index (χ2v) is 5.24. The van der Waals surface area contributed by atoms with E-state index in [-0.39, 0.29) is 51.3 Å². The van der Waals surface area contributed by atoms with Crippen molar-refractivity contribution in [3.63, 3.8) is 0 Å². The molecule has 2 aromatic rings. The van der Waals surface area contributed by atoms with Crippen LogP contribution in [-0.2, 0) is 11.8 Å². The van der Waals surface area contributed by atoms with Crippen molar-refractivity contribution in [3.8, 4) is 0 Å². The van der Waals surface area contributed by atoms with Crippen LogP contribution in [0.2, 0.25) is 0 Å². The summed E-state index contributed by atoms with van der Waals surface area (Å²) in [6, 6.07) is 0. The Morgan fingerprint density at radius 3 is 2.67 bits per heavy atom. The minimum Gasteiger partial charge on any atom is -0.803 e. The van der Waals surface area contributed by atoms with Crippen LogP contribution in [0.1, 0.15) is 0 Å². The van der Waals surface area contributed by atoms with Gasteiger partial charge >= 0.3 is 40.7 Å². The Hall–Kier alpha value is -1.46. The van der Waals surface area contributed by atoms with Crippen molar-refractivity contribution >= 4 is 17.0 Å². The zero-order chi connectivity index (χ0) is 16.4. The maximum absolute atomic E-state index is 12.0. The first-order valence-electron chi connectivity index (χ1n) is 7.28. The van der Waals surface area contributed by atoms with Gasteiger partial charge < -0.3 is 20.0 Å². The molecule has 0 unspecified atom stereocenters. The van der Waals surface area contributed by atoms with Crippen LogP contribution < -0.4 is 46.0 Å². The first kappa shape index (κ1) is 18.9. The fourth-order valence-electron chi connectivity index (χ4n) is 2.52. The predicted octanol–water partition coefficient (Wildman–Crippen LogP) is -4.42. The number of hydrogen-bond acceptors (Lipinski definition) is 8. The van der Waals surface area contributed by atoms with Crippen LogP contribution in [0.25, 0.3) is 11.2 Å². The third kappa shape index (κ3) is 3.62. The Bertz CT molecular complexity index is 830. The summed E-state index contributed by atoms with van der Waals surface area (Å²) in [6.45, 7) is 4.42. The van der Waals surface area contributed by atoms with E-state index in [4.69, 9.17) is 4.74 Å². The van der Waals surface area contributed by atoms with Gasteiger partial charge in [-0.15, -0.1) is 0 Å². The van der Waals surface area contributed by atoms with Gasteiger partial charge in [-0.05, 0) is 0 Å². The van der Waals surface area contributed by atoms with Crippen molar-refractivity contribution in [2.24, 2.45) is 7.05 Å². The Balaban J connectivity index is 0.00000208. The molecule has 0 amide bonds. The largest absolute Gasteiger partial charge is 1.00 e. The molecule has 2 aromatic heterocycles. The minimum absolute atomic E-state index is 0. The number of aromatic nitrogens is 4. The molecule has 0 spiro atoms. The predicted molar refractivity (Wildman–Crippen MR) is 83.6 cm³/mol. The van der Waals surface area contributed by atoms with Crippen LogP contribution in [-0.4, -0.2) is 63.6 Å². The van der Waals surface area contributed by atoms with Crippen LogP contribution in [0.3, 0.4) is 0 Å². The van der Waals surface area contributed by atoms with Crippen LogP contribution in [0.4, 0.5) is 5.82 Å². The number of nitrogens with zero attached hydrogens (tertiary/aromatic N) is 5. The molecule has 24 heavy (non-hydrogen) atoms. The summed E-state index contributed by atoms with van der Waals surface area (Å²) in [6.07, 6.45) is 1.25. The van der Waals surface area contributed by atoms with Crippen molar-refractivity contribution in [3.05, 3.63) is 32.2 Å². The van der Waals surface area contributed by atoms with Gasteiger partial charge in [0.1, 0.15) is 11.8 Å². The number of hydrogen-bond donors (Lipinski definition) is 1. The molecule has 3 rings (SSSR count). The topological polar surface area (TPSA) is 117 Å². The van der Waals surface area contributed by atoms with Crippen LogP contribution in [0.5, 0.6) is 0 Å². The fraction of sp³-hybridized carbons (Fsp3) is 0.538. The van der Waals surface area contributed by atoms with E-state index in [0.29, 0.717) is 19.8 Å². The Morgan fingerprint density at radius 2 is 1.96 bits per heavy atom. The monoisotopic (exact) mass is 344 g/mol. The van der Waals surface area contributed by atoms with Crippen LogP contribution >= 0.6 is 0 Å². The van der Waals surface area contributed by atoms with E-state index in [0.717, 1.165) is 24.2 Å². The van der Waals surface area contributed by atoms with Gasteiger partial charge in [0.25, 0.3) is 0 Å². The molecule has 0 bridgehead atoms. The zero-order valence-electron chi connectivity index (χ0n) is 13.7. The van der Waals surface area contributed by atoms with Crippen LogP contribution in [0.15, 0.2) is 15.9 Å². The van der Waals surface area contributed by atoms with E-state index in [1.165, 1.54) is 13.4 Å². The van der Waals surface area contributed by atoms with Crippen molar-refractivity contribution < 1.29 is 34.3 Å². The van der Waals surface area contributed by atoms with Gasteiger partial charge in [0.2, 0.25) is 0 Å². The van der Waals surface area contributed by atoms with E-state index in [1.54, 1.807) is 0 Å². The Morgan fingerprint density at radius 1 is 1.25 bits per heavy atom. The molecule has 124 valence electrons. The molecule has 1 N–H and O–H groups in total. The summed E-state index contributed by atoms with van der Waals surface area (Å²) in [5, 5.41) is 15.1. The number of ether oxygens (including phenoxy) is 1. The van der Waals surface area contributed by atoms with Gasteiger partial charge in [-0.2, -0.15) is 0 Å². The quantitative estimate of drug-likeness (QED) is 0.436. The molecule has 0 radical (unpaired) electrons. The first-order chi connectivity index (χ1) is 11.1. The molecule has 3 heterocycles. The average molecular weight is 344 g/mol. The number of fused-ring (bicyclic) bond motifs is 1. The van der Waals surface area contributed by atoms with Gasteiger partial charge in [0.05, 0.1) is 13.2 Å². The third-order valence-electron chi connectivity index (χ3n) is 3.82. The summed E-state index contributed by atoms with van der Waals surface area (Å²) < 4.78 is 6.39. The smallest absolute Gasteiger partial charge is 0.803 e. The summed E-state index contributed by atoms with van der Waals surface area (Å²) in [5.74, 6) is 0.242. The molecule has 11 heteroatoms. The molecule has 1 aliphatic heterocycles. The molecule has 1 fully saturated rings. The van der Waals surface area contributed by atoms with Gasteiger partial charge in [0.15, 0.2) is 11.5 Å². The molecule has 1 aliphatic rings. The molecule has 0 aliphatic carbocycles. The molecule has 0 atom stereocenters. The van der Waals surface area contributed by atoms with Gasteiger partial charge in [-0.3, -0.25) is 19.1 Å². The molecular formula is C13H17N6NaO4. The number of nitrogens with one attached hydrogen (secondary N) is 1. The third-order valence-corrected chi connectivity index (χ3v) is 3.82.